The van der Waals surface area contributed by atoms with E-state index in [1.807, 2.05) is 0 Å². The molecule has 0 aliphatic heterocycles. The van der Waals surface area contributed by atoms with Crippen molar-refractivity contribution in [2.45, 2.75) is 55.8 Å². The van der Waals surface area contributed by atoms with Crippen molar-refractivity contribution in [1.82, 2.24) is 5.32 Å². The van der Waals surface area contributed by atoms with Gasteiger partial charge in [-0.2, -0.15) is 0 Å². The summed E-state index contributed by atoms with van der Waals surface area (Å²) < 4.78 is 4.84. The van der Waals surface area contributed by atoms with Crippen molar-refractivity contribution in [3.8, 4) is 0 Å². The summed E-state index contributed by atoms with van der Waals surface area (Å²) in [7, 11) is 1.35. The summed E-state index contributed by atoms with van der Waals surface area (Å²) in [4.78, 5) is 24.2. The first-order chi connectivity index (χ1) is 9.36. The molecular weight excluding hydrogens is 322 g/mol. The lowest BCUT2D eigenvalue weighted by molar-refractivity contribution is -0.151. The largest absolute Gasteiger partial charge is 0.467 e. The van der Waals surface area contributed by atoms with Gasteiger partial charge in [0.15, 0.2) is 0 Å². The average Bonchev–Trinajstić information content (AvgIpc) is 2.34. The van der Waals surface area contributed by atoms with Gasteiger partial charge < -0.3 is 10.1 Å². The van der Waals surface area contributed by atoms with Crippen LogP contribution in [0.2, 0.25) is 0 Å². The van der Waals surface area contributed by atoms with Crippen LogP contribution in [0.25, 0.3) is 0 Å². The van der Waals surface area contributed by atoms with Gasteiger partial charge in [0.2, 0.25) is 5.91 Å². The number of ether oxygens (including phenoxy) is 1. The summed E-state index contributed by atoms with van der Waals surface area (Å²) in [6, 6.07) is -0.563. The minimum atomic E-state index is -0.563. The molecule has 4 aliphatic carbocycles. The van der Waals surface area contributed by atoms with Crippen LogP contribution >= 0.6 is 15.9 Å². The standard InChI is InChI=1S/C15H22BrNO3/c1-9(12(18)20-2)17-13(19)14-4-10-3-11(5-14)7-15(16,6-10)8-14/h9-11H,3-8H2,1-2H3,(H,17,19)/t9-,10+,11+,14?,15?/m1/s1. The van der Waals surface area contributed by atoms with Gasteiger partial charge in [-0.1, -0.05) is 15.9 Å². The van der Waals surface area contributed by atoms with Gasteiger partial charge in [-0.05, 0) is 57.3 Å². The molecule has 0 saturated heterocycles. The van der Waals surface area contributed by atoms with Crippen LogP contribution in [0.5, 0.6) is 0 Å². The van der Waals surface area contributed by atoms with Gasteiger partial charge in [0.25, 0.3) is 0 Å². The SMILES string of the molecule is COC(=O)[C@@H](C)NC(=O)C12C[C@@H]3C[C@H](CC(Br)(C3)C1)C2. The van der Waals surface area contributed by atoms with Crippen molar-refractivity contribution >= 4 is 27.8 Å². The highest BCUT2D eigenvalue weighted by Crippen LogP contribution is 2.64. The highest BCUT2D eigenvalue weighted by Gasteiger charge is 2.59. The molecule has 4 rings (SSSR count). The number of hydrogen-bond acceptors (Lipinski definition) is 3. The molecule has 4 bridgehead atoms. The van der Waals surface area contributed by atoms with Gasteiger partial charge in [-0.3, -0.25) is 4.79 Å². The number of nitrogens with one attached hydrogen (secondary N) is 1. The molecule has 4 aliphatic rings. The maximum Gasteiger partial charge on any atom is 0.328 e. The highest BCUT2D eigenvalue weighted by atomic mass is 79.9. The molecule has 5 heteroatoms. The van der Waals surface area contributed by atoms with Gasteiger partial charge in [0.05, 0.1) is 12.5 Å². The first kappa shape index (κ1) is 14.4. The van der Waals surface area contributed by atoms with Gasteiger partial charge in [0.1, 0.15) is 6.04 Å². The Bertz CT molecular complexity index is 436. The molecule has 0 radical (unpaired) electrons. The third-order valence-electron chi connectivity index (χ3n) is 5.37. The number of carbonyl (C=O) groups is 2. The second-order valence-corrected chi connectivity index (χ2v) is 8.79. The fraction of sp³-hybridized carbons (Fsp3) is 0.867. The van der Waals surface area contributed by atoms with Crippen LogP contribution in [-0.4, -0.2) is 29.4 Å². The van der Waals surface area contributed by atoms with E-state index in [0.717, 1.165) is 19.3 Å². The van der Waals surface area contributed by atoms with E-state index in [9.17, 15) is 9.59 Å². The van der Waals surface area contributed by atoms with E-state index < -0.39 is 6.04 Å². The number of esters is 1. The number of alkyl halides is 1. The Kier molecular flexibility index (Phi) is 3.39. The maximum absolute atomic E-state index is 12.7. The number of halogens is 1. The van der Waals surface area contributed by atoms with E-state index in [1.54, 1.807) is 6.92 Å². The average molecular weight is 344 g/mol. The predicted molar refractivity (Wildman–Crippen MR) is 78.4 cm³/mol. The zero-order chi connectivity index (χ0) is 14.5. The number of carbonyl (C=O) groups excluding carboxylic acids is 2. The Labute approximate surface area is 128 Å². The Morgan fingerprint density at radius 1 is 1.25 bits per heavy atom. The van der Waals surface area contributed by atoms with Gasteiger partial charge in [-0.25, -0.2) is 4.79 Å². The predicted octanol–water partition coefficient (Wildman–Crippen LogP) is 2.40. The molecule has 20 heavy (non-hydrogen) atoms. The molecule has 1 N–H and O–H groups in total. The Hall–Kier alpha value is -0.580. The molecule has 4 saturated carbocycles. The molecule has 0 heterocycles. The van der Waals surface area contributed by atoms with Crippen molar-refractivity contribution < 1.29 is 14.3 Å². The highest BCUT2D eigenvalue weighted by molar-refractivity contribution is 9.10. The van der Waals surface area contributed by atoms with E-state index in [1.165, 1.54) is 26.4 Å². The molecule has 0 aromatic carbocycles. The minimum absolute atomic E-state index is 0.0494. The van der Waals surface area contributed by atoms with Crippen LogP contribution in [0.15, 0.2) is 0 Å². The number of hydrogen-bond donors (Lipinski definition) is 1. The zero-order valence-electron chi connectivity index (χ0n) is 12.1. The van der Waals surface area contributed by atoms with E-state index >= 15 is 0 Å². The number of methoxy groups -OCH3 is 1. The second kappa shape index (κ2) is 4.72. The zero-order valence-corrected chi connectivity index (χ0v) is 13.7. The quantitative estimate of drug-likeness (QED) is 0.632. The molecule has 0 unspecified atom stereocenters. The summed E-state index contributed by atoms with van der Waals surface area (Å²) in [5.74, 6) is 0.995. The Morgan fingerprint density at radius 2 is 1.85 bits per heavy atom. The minimum Gasteiger partial charge on any atom is -0.467 e. The van der Waals surface area contributed by atoms with Crippen molar-refractivity contribution in [1.29, 1.82) is 0 Å². The van der Waals surface area contributed by atoms with Crippen molar-refractivity contribution in [3.05, 3.63) is 0 Å². The molecule has 0 aromatic rings. The maximum atomic E-state index is 12.7. The Balaban J connectivity index is 1.76. The van der Waals surface area contributed by atoms with Crippen LogP contribution in [0.1, 0.15) is 45.4 Å². The topological polar surface area (TPSA) is 55.4 Å². The Morgan fingerprint density at radius 3 is 2.35 bits per heavy atom. The molecule has 4 fully saturated rings. The lowest BCUT2D eigenvalue weighted by Gasteiger charge is -2.59. The van der Waals surface area contributed by atoms with E-state index in [-0.39, 0.29) is 21.6 Å². The van der Waals surface area contributed by atoms with Crippen LogP contribution in [0.4, 0.5) is 0 Å². The lowest BCUT2D eigenvalue weighted by atomic mass is 9.49. The van der Waals surface area contributed by atoms with Crippen molar-refractivity contribution in [2.75, 3.05) is 7.11 Å². The fourth-order valence-electron chi connectivity index (χ4n) is 5.00. The van der Waals surface area contributed by atoms with Gasteiger partial charge >= 0.3 is 5.97 Å². The van der Waals surface area contributed by atoms with Crippen molar-refractivity contribution in [2.24, 2.45) is 17.3 Å². The molecule has 1 amide bonds. The monoisotopic (exact) mass is 343 g/mol. The summed E-state index contributed by atoms with van der Waals surface area (Å²) in [5, 5.41) is 2.87. The van der Waals surface area contributed by atoms with Crippen LogP contribution in [0.3, 0.4) is 0 Å². The molecule has 0 aromatic heterocycles. The smallest absolute Gasteiger partial charge is 0.328 e. The summed E-state index contributed by atoms with van der Waals surface area (Å²) in [6.45, 7) is 1.69. The molecule has 0 spiro atoms. The molecule has 4 nitrogen and oxygen atoms in total. The summed E-state index contributed by atoms with van der Waals surface area (Å²) in [5.41, 5.74) is -0.268. The van der Waals surface area contributed by atoms with Crippen LogP contribution in [0, 0.1) is 17.3 Å². The van der Waals surface area contributed by atoms with Gasteiger partial charge in [-0.15, -0.1) is 0 Å². The molecule has 112 valence electrons. The summed E-state index contributed by atoms with van der Waals surface area (Å²) >= 11 is 3.90. The van der Waals surface area contributed by atoms with E-state index in [0.29, 0.717) is 11.8 Å². The van der Waals surface area contributed by atoms with E-state index in [2.05, 4.69) is 26.0 Å². The van der Waals surface area contributed by atoms with E-state index in [4.69, 9.17) is 0 Å². The number of rotatable bonds is 3. The normalized spacial score (nSPS) is 43.1. The lowest BCUT2D eigenvalue weighted by Crippen LogP contribution is -2.59. The third kappa shape index (κ3) is 2.28. The molecule has 3 atom stereocenters. The fourth-order valence-corrected chi connectivity index (χ4v) is 6.45. The van der Waals surface area contributed by atoms with Crippen LogP contribution < -0.4 is 5.32 Å². The van der Waals surface area contributed by atoms with Crippen molar-refractivity contribution in [3.63, 3.8) is 0 Å². The number of amides is 1. The van der Waals surface area contributed by atoms with Gasteiger partial charge in [0, 0.05) is 4.32 Å². The summed E-state index contributed by atoms with van der Waals surface area (Å²) in [6.07, 6.45) is 6.55. The third-order valence-corrected chi connectivity index (χ3v) is 6.30. The molecular formula is C15H22BrNO3. The first-order valence-corrected chi connectivity index (χ1v) is 8.23. The van der Waals surface area contributed by atoms with Crippen LogP contribution in [-0.2, 0) is 14.3 Å². The second-order valence-electron chi connectivity index (χ2n) is 7.11. The first-order valence-electron chi connectivity index (χ1n) is 7.44.